The molecular formula is C14H12BrClN2O2. The summed E-state index contributed by atoms with van der Waals surface area (Å²) in [4.78, 5) is 16.0. The molecule has 0 spiro atoms. The van der Waals surface area contributed by atoms with Gasteiger partial charge in [-0.2, -0.15) is 0 Å². The highest BCUT2D eigenvalue weighted by Gasteiger charge is 2.20. The van der Waals surface area contributed by atoms with E-state index in [9.17, 15) is 4.79 Å². The Kier molecular flexibility index (Phi) is 4.30. The third-order valence-electron chi connectivity index (χ3n) is 2.92. The normalized spacial score (nSPS) is 10.4. The number of nitrogens with zero attached hydrogens (tertiary/aromatic N) is 1. The molecule has 0 radical (unpaired) electrons. The van der Waals surface area contributed by atoms with Gasteiger partial charge in [0.25, 0.3) is 0 Å². The molecule has 1 aromatic carbocycles. The molecule has 0 saturated carbocycles. The van der Waals surface area contributed by atoms with Crippen LogP contribution in [0.15, 0.2) is 28.7 Å². The molecule has 0 aliphatic heterocycles. The van der Waals surface area contributed by atoms with Gasteiger partial charge in [0.2, 0.25) is 0 Å². The van der Waals surface area contributed by atoms with E-state index in [4.69, 9.17) is 22.1 Å². The van der Waals surface area contributed by atoms with Crippen molar-refractivity contribution in [1.29, 1.82) is 0 Å². The summed E-state index contributed by atoms with van der Waals surface area (Å²) in [6, 6.07) is 7.41. The van der Waals surface area contributed by atoms with E-state index in [1.807, 2.05) is 24.3 Å². The number of pyridine rings is 1. The second-order valence-electron chi connectivity index (χ2n) is 4.16. The monoisotopic (exact) mass is 354 g/mol. The fourth-order valence-electron chi connectivity index (χ4n) is 1.76. The van der Waals surface area contributed by atoms with E-state index in [0.29, 0.717) is 22.0 Å². The van der Waals surface area contributed by atoms with Crippen LogP contribution in [0.1, 0.15) is 16.1 Å². The van der Waals surface area contributed by atoms with E-state index in [-0.39, 0.29) is 5.69 Å². The number of rotatable bonds is 2. The molecule has 104 valence electrons. The quantitative estimate of drug-likeness (QED) is 0.831. The van der Waals surface area contributed by atoms with Crippen molar-refractivity contribution in [3.05, 3.63) is 45.0 Å². The van der Waals surface area contributed by atoms with Crippen molar-refractivity contribution in [2.24, 2.45) is 0 Å². The molecule has 0 amide bonds. The van der Waals surface area contributed by atoms with Crippen LogP contribution >= 0.6 is 27.5 Å². The Bertz CT molecular complexity index is 672. The van der Waals surface area contributed by atoms with Crippen molar-refractivity contribution in [3.63, 3.8) is 0 Å². The molecule has 1 aromatic heterocycles. The molecule has 0 aliphatic carbocycles. The van der Waals surface area contributed by atoms with Crippen LogP contribution in [0.25, 0.3) is 11.3 Å². The number of nitrogens with two attached hydrogens (primary N) is 1. The molecule has 1 heterocycles. The summed E-state index contributed by atoms with van der Waals surface area (Å²) in [6.45, 7) is 1.69. The van der Waals surface area contributed by atoms with Gasteiger partial charge in [-0.3, -0.25) is 0 Å². The molecule has 4 nitrogen and oxygen atoms in total. The lowest BCUT2D eigenvalue weighted by molar-refractivity contribution is 0.0593. The number of methoxy groups -OCH3 is 1. The van der Waals surface area contributed by atoms with E-state index in [1.165, 1.54) is 7.11 Å². The fourth-order valence-corrected chi connectivity index (χ4v) is 2.32. The molecule has 2 aromatic rings. The molecule has 0 saturated heterocycles. The lowest BCUT2D eigenvalue weighted by Gasteiger charge is -2.12. The van der Waals surface area contributed by atoms with Crippen LogP contribution in [0.3, 0.4) is 0 Å². The highest BCUT2D eigenvalue weighted by atomic mass is 79.9. The Labute approximate surface area is 130 Å². The maximum Gasteiger partial charge on any atom is 0.357 e. The molecule has 0 atom stereocenters. The second kappa shape index (κ2) is 5.81. The summed E-state index contributed by atoms with van der Waals surface area (Å²) < 4.78 is 5.65. The topological polar surface area (TPSA) is 65.2 Å². The van der Waals surface area contributed by atoms with Gasteiger partial charge in [0.05, 0.1) is 23.5 Å². The van der Waals surface area contributed by atoms with E-state index in [2.05, 4.69) is 20.9 Å². The predicted molar refractivity (Wildman–Crippen MR) is 82.9 cm³/mol. The average molecular weight is 356 g/mol. The zero-order valence-electron chi connectivity index (χ0n) is 10.9. The Balaban J connectivity index is 2.67. The lowest BCUT2D eigenvalue weighted by Crippen LogP contribution is -2.10. The number of nitrogen functional groups attached to an aromatic ring is 1. The number of hydrogen-bond acceptors (Lipinski definition) is 4. The van der Waals surface area contributed by atoms with Crippen LogP contribution in [0.2, 0.25) is 5.02 Å². The first kappa shape index (κ1) is 14.8. The summed E-state index contributed by atoms with van der Waals surface area (Å²) in [5.74, 6) is -0.538. The maximum atomic E-state index is 11.7. The summed E-state index contributed by atoms with van der Waals surface area (Å²) >= 11 is 9.60. The van der Waals surface area contributed by atoms with Gasteiger partial charge in [-0.05, 0) is 19.1 Å². The number of ether oxygens (including phenoxy) is 1. The van der Waals surface area contributed by atoms with Gasteiger partial charge in [-0.15, -0.1) is 0 Å². The highest BCUT2D eigenvalue weighted by molar-refractivity contribution is 9.10. The van der Waals surface area contributed by atoms with Crippen molar-refractivity contribution in [3.8, 4) is 11.3 Å². The molecular weight excluding hydrogens is 344 g/mol. The Morgan fingerprint density at radius 3 is 2.50 bits per heavy atom. The van der Waals surface area contributed by atoms with E-state index < -0.39 is 5.97 Å². The van der Waals surface area contributed by atoms with Crippen molar-refractivity contribution < 1.29 is 9.53 Å². The molecule has 2 N–H and O–H groups in total. The Morgan fingerprint density at radius 2 is 1.95 bits per heavy atom. The highest BCUT2D eigenvalue weighted by Crippen LogP contribution is 2.34. The number of anilines is 1. The zero-order chi connectivity index (χ0) is 14.9. The minimum absolute atomic E-state index is 0.173. The first-order valence-corrected chi connectivity index (χ1v) is 6.92. The van der Waals surface area contributed by atoms with Crippen molar-refractivity contribution in [1.82, 2.24) is 4.98 Å². The fraction of sp³-hybridized carbons (Fsp3) is 0.143. The first-order valence-electron chi connectivity index (χ1n) is 5.75. The van der Waals surface area contributed by atoms with Crippen LogP contribution in [-0.4, -0.2) is 18.1 Å². The number of esters is 1. The third-order valence-corrected chi connectivity index (χ3v) is 3.83. The van der Waals surface area contributed by atoms with Crippen molar-refractivity contribution in [2.45, 2.75) is 6.92 Å². The molecule has 0 unspecified atom stereocenters. The second-order valence-corrected chi connectivity index (χ2v) is 5.45. The standard InChI is InChI=1S/C14H12BrClN2O2/c1-7-11(17)10(16)13(18-12(7)14(19)20-2)8-3-5-9(15)6-4-8/h3-6H,1-2H3,(H2,17,18). The number of hydrogen-bond donors (Lipinski definition) is 1. The molecule has 20 heavy (non-hydrogen) atoms. The minimum Gasteiger partial charge on any atom is -0.464 e. The van der Waals surface area contributed by atoms with Gasteiger partial charge in [-0.25, -0.2) is 9.78 Å². The van der Waals surface area contributed by atoms with Crippen molar-refractivity contribution >= 4 is 39.2 Å². The number of carbonyl (C=O) groups excluding carboxylic acids is 1. The molecule has 6 heteroatoms. The summed E-state index contributed by atoms with van der Waals surface area (Å²) in [6.07, 6.45) is 0. The lowest BCUT2D eigenvalue weighted by atomic mass is 10.1. The van der Waals surface area contributed by atoms with Gasteiger partial charge < -0.3 is 10.5 Å². The maximum absolute atomic E-state index is 11.7. The van der Waals surface area contributed by atoms with E-state index in [0.717, 1.165) is 10.0 Å². The van der Waals surface area contributed by atoms with Crippen LogP contribution in [0.5, 0.6) is 0 Å². The van der Waals surface area contributed by atoms with E-state index in [1.54, 1.807) is 6.92 Å². The van der Waals surface area contributed by atoms with Crippen LogP contribution in [-0.2, 0) is 4.74 Å². The smallest absolute Gasteiger partial charge is 0.357 e. The van der Waals surface area contributed by atoms with Gasteiger partial charge >= 0.3 is 5.97 Å². The zero-order valence-corrected chi connectivity index (χ0v) is 13.2. The summed E-state index contributed by atoms with van der Waals surface area (Å²) in [5, 5.41) is 0.331. The molecule has 0 aliphatic rings. The SMILES string of the molecule is COC(=O)c1nc(-c2ccc(Br)cc2)c(Cl)c(N)c1C. The predicted octanol–water partition coefficient (Wildman–Crippen LogP) is 3.84. The number of aromatic nitrogens is 1. The number of carbonyl (C=O) groups is 1. The Hall–Kier alpha value is -1.59. The molecule has 0 fully saturated rings. The van der Waals surface area contributed by atoms with Gasteiger partial charge in [0, 0.05) is 15.6 Å². The first-order chi connectivity index (χ1) is 9.45. The summed E-state index contributed by atoms with van der Waals surface area (Å²) in [5.41, 5.74) is 8.21. The van der Waals surface area contributed by atoms with Gasteiger partial charge in [0.15, 0.2) is 5.69 Å². The number of halogens is 2. The third kappa shape index (κ3) is 2.64. The minimum atomic E-state index is -0.538. The average Bonchev–Trinajstić information content (AvgIpc) is 2.45. The van der Waals surface area contributed by atoms with E-state index >= 15 is 0 Å². The summed E-state index contributed by atoms with van der Waals surface area (Å²) in [7, 11) is 1.30. The van der Waals surface area contributed by atoms with Crippen LogP contribution < -0.4 is 5.73 Å². The van der Waals surface area contributed by atoms with Gasteiger partial charge in [-0.1, -0.05) is 39.7 Å². The molecule has 0 bridgehead atoms. The van der Waals surface area contributed by atoms with Gasteiger partial charge in [0.1, 0.15) is 0 Å². The number of benzene rings is 1. The van der Waals surface area contributed by atoms with Crippen LogP contribution in [0, 0.1) is 6.92 Å². The Morgan fingerprint density at radius 1 is 1.35 bits per heavy atom. The van der Waals surface area contributed by atoms with Crippen LogP contribution in [0.4, 0.5) is 5.69 Å². The molecule has 2 rings (SSSR count). The largest absolute Gasteiger partial charge is 0.464 e. The van der Waals surface area contributed by atoms with Crippen molar-refractivity contribution in [2.75, 3.05) is 12.8 Å².